The van der Waals surface area contributed by atoms with Crippen LogP contribution in [0.1, 0.15) is 13.3 Å². The van der Waals surface area contributed by atoms with Crippen molar-refractivity contribution in [2.45, 2.75) is 19.4 Å². The number of nitrogens with one attached hydrogen (secondary N) is 1. The van der Waals surface area contributed by atoms with Crippen molar-refractivity contribution in [1.29, 1.82) is 0 Å². The van der Waals surface area contributed by atoms with E-state index in [1.54, 1.807) is 31.1 Å². The fraction of sp³-hybridized carbons (Fsp3) is 0.333. The normalized spacial score (nSPS) is 12.6. The van der Waals surface area contributed by atoms with Crippen molar-refractivity contribution in [1.82, 2.24) is 29.0 Å². The van der Waals surface area contributed by atoms with Crippen LogP contribution in [0.5, 0.6) is 5.88 Å². The monoisotopic (exact) mass is 367 g/mol. The van der Waals surface area contributed by atoms with Crippen molar-refractivity contribution in [2.75, 3.05) is 26.1 Å². The van der Waals surface area contributed by atoms with Gasteiger partial charge in [0, 0.05) is 61.9 Å². The average molecular weight is 367 g/mol. The summed E-state index contributed by atoms with van der Waals surface area (Å²) in [5.41, 5.74) is 2.65. The van der Waals surface area contributed by atoms with E-state index in [2.05, 4.69) is 32.3 Å². The summed E-state index contributed by atoms with van der Waals surface area (Å²) in [7, 11) is 3.30. The van der Waals surface area contributed by atoms with Gasteiger partial charge in [0.25, 0.3) is 0 Å². The number of nitrogens with zero attached hydrogens (tertiary/aromatic N) is 6. The van der Waals surface area contributed by atoms with Crippen molar-refractivity contribution in [2.24, 2.45) is 0 Å². The molecule has 0 fully saturated rings. The molecular weight excluding hydrogens is 346 g/mol. The van der Waals surface area contributed by atoms with Crippen molar-refractivity contribution >= 4 is 17.2 Å². The van der Waals surface area contributed by atoms with Crippen molar-refractivity contribution in [3.05, 3.63) is 37.1 Å². The maximum Gasteiger partial charge on any atom is 0.244 e. The van der Waals surface area contributed by atoms with Crippen molar-refractivity contribution < 1.29 is 9.47 Å². The Hall–Kier alpha value is -3.20. The van der Waals surface area contributed by atoms with Gasteiger partial charge in [0.15, 0.2) is 0 Å². The molecule has 0 spiro atoms. The highest BCUT2D eigenvalue weighted by Gasteiger charge is 2.16. The van der Waals surface area contributed by atoms with Crippen LogP contribution < -0.4 is 10.1 Å². The molecule has 0 saturated heterocycles. The molecule has 0 aromatic carbocycles. The fourth-order valence-electron chi connectivity index (χ4n) is 2.97. The van der Waals surface area contributed by atoms with E-state index in [1.165, 1.54) is 0 Å². The Kier molecular flexibility index (Phi) is 4.59. The lowest BCUT2D eigenvalue weighted by Gasteiger charge is -2.14. The predicted octanol–water partition coefficient (Wildman–Crippen LogP) is 2.28. The molecular formula is C18H21N7O2. The van der Waals surface area contributed by atoms with Gasteiger partial charge in [-0.25, -0.2) is 14.5 Å². The van der Waals surface area contributed by atoms with E-state index >= 15 is 0 Å². The molecule has 1 N–H and O–H groups in total. The first-order valence-electron chi connectivity index (χ1n) is 8.67. The molecule has 4 heterocycles. The topological polar surface area (TPSA) is 90.9 Å². The van der Waals surface area contributed by atoms with Crippen LogP contribution in [0.2, 0.25) is 0 Å². The number of rotatable bonds is 7. The zero-order chi connectivity index (χ0) is 18.8. The second kappa shape index (κ2) is 7.20. The van der Waals surface area contributed by atoms with E-state index < -0.39 is 0 Å². The molecule has 0 aliphatic carbocycles. The van der Waals surface area contributed by atoms with Gasteiger partial charge in [-0.05, 0) is 19.4 Å². The molecule has 9 heteroatoms. The molecule has 0 aliphatic rings. The molecule has 0 unspecified atom stereocenters. The summed E-state index contributed by atoms with van der Waals surface area (Å²) in [4.78, 5) is 13.1. The lowest BCUT2D eigenvalue weighted by Crippen LogP contribution is -2.20. The Balaban J connectivity index is 1.73. The van der Waals surface area contributed by atoms with Crippen LogP contribution in [0.3, 0.4) is 0 Å². The van der Waals surface area contributed by atoms with Crippen LogP contribution >= 0.6 is 0 Å². The highest BCUT2D eigenvalue weighted by molar-refractivity contribution is 5.84. The number of methoxy groups -OCH3 is 2. The van der Waals surface area contributed by atoms with Gasteiger partial charge in [-0.2, -0.15) is 4.98 Å². The highest BCUT2D eigenvalue weighted by atomic mass is 16.5. The SMILES string of the molecule is COCC[C@@H](C)Nc1nc(OC)c2c(-c3cnc4nccn4c3)ccn2n1. The van der Waals surface area contributed by atoms with Crippen LogP contribution in [0.15, 0.2) is 37.1 Å². The number of anilines is 1. The van der Waals surface area contributed by atoms with E-state index in [-0.39, 0.29) is 6.04 Å². The lowest BCUT2D eigenvalue weighted by atomic mass is 10.1. The Morgan fingerprint density at radius 3 is 2.93 bits per heavy atom. The summed E-state index contributed by atoms with van der Waals surface area (Å²) in [6.07, 6.45) is 10.1. The smallest absolute Gasteiger partial charge is 0.244 e. The zero-order valence-corrected chi connectivity index (χ0v) is 15.5. The van der Waals surface area contributed by atoms with Crippen LogP contribution in [0.4, 0.5) is 5.95 Å². The molecule has 0 bridgehead atoms. The van der Waals surface area contributed by atoms with Gasteiger partial charge in [-0.3, -0.25) is 4.40 Å². The van der Waals surface area contributed by atoms with E-state index in [9.17, 15) is 0 Å². The molecule has 0 amide bonds. The first-order valence-corrected chi connectivity index (χ1v) is 8.67. The zero-order valence-electron chi connectivity index (χ0n) is 15.5. The van der Waals surface area contributed by atoms with Crippen LogP contribution in [0, 0.1) is 0 Å². The minimum atomic E-state index is 0.176. The Bertz CT molecular complexity index is 1070. The predicted molar refractivity (Wildman–Crippen MR) is 101 cm³/mol. The summed E-state index contributed by atoms with van der Waals surface area (Å²) >= 11 is 0. The summed E-state index contributed by atoms with van der Waals surface area (Å²) in [5, 5.41) is 7.85. The van der Waals surface area contributed by atoms with Crippen molar-refractivity contribution in [3.63, 3.8) is 0 Å². The number of fused-ring (bicyclic) bond motifs is 2. The molecule has 9 nitrogen and oxygen atoms in total. The second-order valence-corrected chi connectivity index (χ2v) is 6.27. The molecule has 4 rings (SSSR count). The molecule has 4 aromatic rings. The summed E-state index contributed by atoms with van der Waals surface area (Å²) in [6, 6.07) is 2.15. The van der Waals surface area contributed by atoms with Gasteiger partial charge in [-0.15, -0.1) is 5.10 Å². The summed E-state index contributed by atoms with van der Waals surface area (Å²) in [5.74, 6) is 1.66. The lowest BCUT2D eigenvalue weighted by molar-refractivity contribution is 0.191. The minimum Gasteiger partial charge on any atom is -0.479 e. The van der Waals surface area contributed by atoms with Crippen LogP contribution in [-0.4, -0.2) is 55.8 Å². The van der Waals surface area contributed by atoms with Gasteiger partial charge < -0.3 is 14.8 Å². The van der Waals surface area contributed by atoms with Gasteiger partial charge in [0.05, 0.1) is 7.11 Å². The minimum absolute atomic E-state index is 0.176. The van der Waals surface area contributed by atoms with Gasteiger partial charge in [0.1, 0.15) is 5.52 Å². The maximum atomic E-state index is 5.55. The first-order chi connectivity index (χ1) is 13.2. The van der Waals surface area contributed by atoms with E-state index in [0.29, 0.717) is 24.2 Å². The Morgan fingerprint density at radius 1 is 1.22 bits per heavy atom. The van der Waals surface area contributed by atoms with E-state index in [1.807, 2.05) is 29.1 Å². The quantitative estimate of drug-likeness (QED) is 0.536. The Labute approximate surface area is 156 Å². The third-order valence-corrected chi connectivity index (χ3v) is 4.36. The average Bonchev–Trinajstić information content (AvgIpc) is 3.31. The van der Waals surface area contributed by atoms with Gasteiger partial charge in [-0.1, -0.05) is 0 Å². The first kappa shape index (κ1) is 17.2. The third-order valence-electron chi connectivity index (χ3n) is 4.36. The second-order valence-electron chi connectivity index (χ2n) is 6.27. The van der Waals surface area contributed by atoms with Crippen molar-refractivity contribution in [3.8, 4) is 17.0 Å². The largest absolute Gasteiger partial charge is 0.479 e. The van der Waals surface area contributed by atoms with Crippen LogP contribution in [0.25, 0.3) is 22.4 Å². The standard InChI is InChI=1S/C18H21N7O2/c1-12(5-9-26-2)21-17-22-16(27-3)15-14(4-7-25(15)23-17)13-10-20-18-19-6-8-24(18)11-13/h4,6-8,10-12H,5,9H2,1-3H3,(H,21,23)/t12-/m1/s1. The van der Waals surface area contributed by atoms with Gasteiger partial charge in [0.2, 0.25) is 17.6 Å². The molecule has 140 valence electrons. The summed E-state index contributed by atoms with van der Waals surface area (Å²) < 4.78 is 14.3. The summed E-state index contributed by atoms with van der Waals surface area (Å²) in [6.45, 7) is 2.73. The molecule has 0 radical (unpaired) electrons. The van der Waals surface area contributed by atoms with E-state index in [0.717, 1.165) is 23.1 Å². The molecule has 0 aliphatic heterocycles. The maximum absolute atomic E-state index is 5.55. The van der Waals surface area contributed by atoms with Gasteiger partial charge >= 0.3 is 0 Å². The molecule has 1 atom stereocenters. The number of imidazole rings is 1. The molecule has 4 aromatic heterocycles. The Morgan fingerprint density at radius 2 is 2.11 bits per heavy atom. The van der Waals surface area contributed by atoms with E-state index in [4.69, 9.17) is 9.47 Å². The van der Waals surface area contributed by atoms with Crippen LogP contribution in [-0.2, 0) is 4.74 Å². The fourth-order valence-corrected chi connectivity index (χ4v) is 2.97. The number of ether oxygens (including phenoxy) is 2. The molecule has 0 saturated carbocycles. The third kappa shape index (κ3) is 3.28. The number of aromatic nitrogens is 6. The highest BCUT2D eigenvalue weighted by Crippen LogP contribution is 2.31. The number of hydrogen-bond acceptors (Lipinski definition) is 7. The molecule has 27 heavy (non-hydrogen) atoms. The number of hydrogen-bond donors (Lipinski definition) is 1.